The maximum absolute atomic E-state index is 12.4. The van der Waals surface area contributed by atoms with E-state index in [1.807, 2.05) is 0 Å². The zero-order valence-electron chi connectivity index (χ0n) is 9.87. The third-order valence-electron chi connectivity index (χ3n) is 3.25. The minimum Gasteiger partial charge on any atom is -0.329 e. The van der Waals surface area contributed by atoms with E-state index >= 15 is 0 Å². The lowest BCUT2D eigenvalue weighted by Crippen LogP contribution is -2.48. The third-order valence-corrected chi connectivity index (χ3v) is 6.58. The Kier molecular flexibility index (Phi) is 3.87. The van der Waals surface area contributed by atoms with Crippen LogP contribution in [0.1, 0.15) is 19.8 Å². The van der Waals surface area contributed by atoms with Crippen LogP contribution in [0, 0.1) is 5.92 Å². The highest BCUT2D eigenvalue weighted by molar-refractivity contribution is 7.91. The largest absolute Gasteiger partial charge is 0.329 e. The normalized spacial score (nSPS) is 27.2. The summed E-state index contributed by atoms with van der Waals surface area (Å²) in [6.07, 6.45) is 1.78. The number of piperidine rings is 1. The van der Waals surface area contributed by atoms with Crippen molar-refractivity contribution < 1.29 is 8.42 Å². The number of rotatable bonds is 3. The lowest BCUT2D eigenvalue weighted by Gasteiger charge is -2.36. The summed E-state index contributed by atoms with van der Waals surface area (Å²) in [6.45, 7) is 3.13. The Labute approximate surface area is 106 Å². The predicted molar refractivity (Wildman–Crippen MR) is 69.5 cm³/mol. The molecule has 2 atom stereocenters. The monoisotopic (exact) mass is 274 g/mol. The molecular formula is C11H18N2O2S2. The van der Waals surface area contributed by atoms with Crippen molar-refractivity contribution in [3.05, 3.63) is 17.5 Å². The molecule has 1 fully saturated rings. The molecule has 1 saturated heterocycles. The van der Waals surface area contributed by atoms with Crippen LogP contribution in [0.25, 0.3) is 0 Å². The Hall–Kier alpha value is -0.430. The van der Waals surface area contributed by atoms with Crippen molar-refractivity contribution in [1.29, 1.82) is 0 Å². The van der Waals surface area contributed by atoms with Gasteiger partial charge in [0, 0.05) is 19.1 Å². The van der Waals surface area contributed by atoms with Crippen molar-refractivity contribution >= 4 is 21.4 Å². The Morgan fingerprint density at radius 2 is 2.35 bits per heavy atom. The SMILES string of the molecule is CC1CCN(S(=O)(=O)c2cccs2)C(CN)C1. The van der Waals surface area contributed by atoms with Crippen LogP contribution in [0.2, 0.25) is 0 Å². The van der Waals surface area contributed by atoms with Gasteiger partial charge in [0.1, 0.15) is 4.21 Å². The van der Waals surface area contributed by atoms with Crippen LogP contribution < -0.4 is 5.73 Å². The highest BCUT2D eigenvalue weighted by atomic mass is 32.2. The quantitative estimate of drug-likeness (QED) is 0.908. The summed E-state index contributed by atoms with van der Waals surface area (Å²) >= 11 is 1.27. The van der Waals surface area contributed by atoms with Gasteiger partial charge >= 0.3 is 0 Å². The second-order valence-corrected chi connectivity index (χ2v) is 7.63. The van der Waals surface area contributed by atoms with E-state index < -0.39 is 10.0 Å². The van der Waals surface area contributed by atoms with Crippen molar-refractivity contribution in [3.63, 3.8) is 0 Å². The second kappa shape index (κ2) is 5.06. The number of hydrogen-bond acceptors (Lipinski definition) is 4. The highest BCUT2D eigenvalue weighted by Gasteiger charge is 2.35. The first-order valence-electron chi connectivity index (χ1n) is 5.81. The van der Waals surface area contributed by atoms with Crippen LogP contribution >= 0.6 is 11.3 Å². The van der Waals surface area contributed by atoms with E-state index in [4.69, 9.17) is 5.73 Å². The lowest BCUT2D eigenvalue weighted by molar-refractivity contribution is 0.211. The summed E-state index contributed by atoms with van der Waals surface area (Å²) in [5.41, 5.74) is 5.70. The molecule has 0 aliphatic carbocycles. The Bertz CT molecular complexity index is 456. The van der Waals surface area contributed by atoms with Crippen LogP contribution in [0.15, 0.2) is 21.7 Å². The summed E-state index contributed by atoms with van der Waals surface area (Å²) in [5, 5.41) is 1.79. The molecule has 0 bridgehead atoms. The molecule has 0 radical (unpaired) electrons. The molecule has 4 nitrogen and oxygen atoms in total. The van der Waals surface area contributed by atoms with Crippen molar-refractivity contribution in [2.75, 3.05) is 13.1 Å². The standard InChI is InChI=1S/C11H18N2O2S2/c1-9-4-5-13(10(7-9)8-12)17(14,15)11-3-2-6-16-11/h2-3,6,9-10H,4-5,7-8,12H2,1H3. The molecule has 1 aromatic rings. The fraction of sp³-hybridized carbons (Fsp3) is 0.636. The minimum atomic E-state index is -3.33. The Morgan fingerprint density at radius 3 is 2.94 bits per heavy atom. The minimum absolute atomic E-state index is 0.0501. The van der Waals surface area contributed by atoms with Crippen molar-refractivity contribution in [2.45, 2.75) is 30.0 Å². The van der Waals surface area contributed by atoms with Gasteiger partial charge in [-0.3, -0.25) is 0 Å². The Balaban J connectivity index is 2.27. The van der Waals surface area contributed by atoms with Crippen molar-refractivity contribution in [1.82, 2.24) is 4.31 Å². The molecule has 6 heteroatoms. The number of thiophene rings is 1. The molecule has 0 spiro atoms. The maximum atomic E-state index is 12.4. The van der Waals surface area contributed by atoms with E-state index in [2.05, 4.69) is 6.92 Å². The average Bonchev–Trinajstić information content (AvgIpc) is 2.82. The Morgan fingerprint density at radius 1 is 1.59 bits per heavy atom. The number of hydrogen-bond donors (Lipinski definition) is 1. The molecule has 2 heterocycles. The third kappa shape index (κ3) is 2.54. The van der Waals surface area contributed by atoms with Crippen molar-refractivity contribution in [2.24, 2.45) is 11.7 Å². The summed E-state index contributed by atoms with van der Waals surface area (Å²) in [6, 6.07) is 3.37. The van der Waals surface area contributed by atoms with Crippen LogP contribution in [-0.4, -0.2) is 31.9 Å². The molecule has 1 aliphatic rings. The molecule has 1 aliphatic heterocycles. The van der Waals surface area contributed by atoms with E-state index in [1.54, 1.807) is 21.8 Å². The van der Waals surface area contributed by atoms with Gasteiger partial charge in [-0.15, -0.1) is 11.3 Å². The van der Waals surface area contributed by atoms with E-state index in [9.17, 15) is 8.42 Å². The molecule has 17 heavy (non-hydrogen) atoms. The first kappa shape index (κ1) is 13.0. The topological polar surface area (TPSA) is 63.4 Å². The molecular weight excluding hydrogens is 256 g/mol. The van der Waals surface area contributed by atoms with Gasteiger partial charge in [0.15, 0.2) is 0 Å². The number of nitrogens with two attached hydrogens (primary N) is 1. The van der Waals surface area contributed by atoms with Crippen LogP contribution in [0.5, 0.6) is 0 Å². The van der Waals surface area contributed by atoms with Crippen LogP contribution in [-0.2, 0) is 10.0 Å². The van der Waals surface area contributed by atoms with Crippen molar-refractivity contribution in [3.8, 4) is 0 Å². The van der Waals surface area contributed by atoms with E-state index in [-0.39, 0.29) is 6.04 Å². The molecule has 1 aromatic heterocycles. The van der Waals surface area contributed by atoms with Gasteiger partial charge in [-0.1, -0.05) is 13.0 Å². The van der Waals surface area contributed by atoms with E-state index in [0.717, 1.165) is 12.8 Å². The number of nitrogens with zero attached hydrogens (tertiary/aromatic N) is 1. The fourth-order valence-electron chi connectivity index (χ4n) is 2.29. The van der Waals surface area contributed by atoms with Crippen LogP contribution in [0.4, 0.5) is 0 Å². The molecule has 2 unspecified atom stereocenters. The maximum Gasteiger partial charge on any atom is 0.252 e. The molecule has 0 aromatic carbocycles. The number of sulfonamides is 1. The van der Waals surface area contributed by atoms with Gasteiger partial charge in [-0.25, -0.2) is 8.42 Å². The van der Waals surface area contributed by atoms with Gasteiger partial charge < -0.3 is 5.73 Å². The van der Waals surface area contributed by atoms with Crippen LogP contribution in [0.3, 0.4) is 0 Å². The van der Waals surface area contributed by atoms with Gasteiger partial charge in [0.2, 0.25) is 0 Å². The summed E-state index contributed by atoms with van der Waals surface area (Å²) in [4.78, 5) is 0. The fourth-order valence-corrected chi connectivity index (χ4v) is 5.07. The summed E-state index contributed by atoms with van der Waals surface area (Å²) in [5.74, 6) is 0.554. The first-order chi connectivity index (χ1) is 8.05. The lowest BCUT2D eigenvalue weighted by atomic mass is 9.94. The molecule has 2 N–H and O–H groups in total. The average molecular weight is 274 g/mol. The van der Waals surface area contributed by atoms with E-state index in [1.165, 1.54) is 11.3 Å². The molecule has 96 valence electrons. The molecule has 0 saturated carbocycles. The second-order valence-electron chi connectivity index (χ2n) is 4.57. The van der Waals surface area contributed by atoms with E-state index in [0.29, 0.717) is 23.2 Å². The smallest absolute Gasteiger partial charge is 0.252 e. The summed E-state index contributed by atoms with van der Waals surface area (Å²) in [7, 11) is -3.33. The van der Waals surface area contributed by atoms with Gasteiger partial charge in [0.25, 0.3) is 10.0 Å². The van der Waals surface area contributed by atoms with Gasteiger partial charge in [0.05, 0.1) is 0 Å². The zero-order chi connectivity index (χ0) is 12.5. The highest BCUT2D eigenvalue weighted by Crippen LogP contribution is 2.29. The zero-order valence-corrected chi connectivity index (χ0v) is 11.5. The summed E-state index contributed by atoms with van der Waals surface area (Å²) < 4.78 is 26.8. The molecule has 2 rings (SSSR count). The predicted octanol–water partition coefficient (Wildman–Crippen LogP) is 1.50. The van der Waals surface area contributed by atoms with Gasteiger partial charge in [-0.05, 0) is 30.2 Å². The van der Waals surface area contributed by atoms with Gasteiger partial charge in [-0.2, -0.15) is 4.31 Å². The first-order valence-corrected chi connectivity index (χ1v) is 8.13. The molecule has 0 amide bonds.